The lowest BCUT2D eigenvalue weighted by Gasteiger charge is -2.61. The Morgan fingerprint density at radius 1 is 1.22 bits per heavy atom. The third-order valence-electron chi connectivity index (χ3n) is 7.78. The van der Waals surface area contributed by atoms with Crippen LogP contribution in [0.4, 0.5) is 0 Å². The summed E-state index contributed by atoms with van der Waals surface area (Å²) < 4.78 is 18.4. The molecule has 2 aromatic rings. The molecule has 0 N–H and O–H groups in total. The number of likely N-dealkylation sites (tertiary alicyclic amines) is 1. The van der Waals surface area contributed by atoms with Gasteiger partial charge in [-0.1, -0.05) is 36.4 Å². The smallest absolute Gasteiger partial charge is 0.311 e. The van der Waals surface area contributed by atoms with Crippen molar-refractivity contribution in [2.24, 2.45) is 0 Å². The van der Waals surface area contributed by atoms with Crippen LogP contribution in [0.3, 0.4) is 0 Å². The number of piperidine rings is 1. The number of hydrogen-bond donors (Lipinski definition) is 0. The van der Waals surface area contributed by atoms with Gasteiger partial charge in [-0.05, 0) is 55.8 Å². The number of likely N-dealkylation sites (N-methyl/N-ethyl adjacent to an activating group) is 1. The molecule has 0 aromatic heterocycles. The van der Waals surface area contributed by atoms with Crippen LogP contribution in [0.15, 0.2) is 54.6 Å². The Morgan fingerprint density at radius 2 is 2.03 bits per heavy atom. The van der Waals surface area contributed by atoms with Crippen LogP contribution < -0.4 is 9.47 Å². The molecule has 1 saturated heterocycles. The number of hydrogen-bond acceptors (Lipinski definition) is 6. The molecular weight excluding hydrogens is 406 g/mol. The van der Waals surface area contributed by atoms with E-state index < -0.39 is 17.1 Å². The maximum Gasteiger partial charge on any atom is 0.311 e. The fraction of sp³-hybridized carbons (Fsp3) is 0.385. The van der Waals surface area contributed by atoms with Gasteiger partial charge >= 0.3 is 5.97 Å². The van der Waals surface area contributed by atoms with Crippen molar-refractivity contribution in [2.75, 3.05) is 20.7 Å². The predicted molar refractivity (Wildman–Crippen MR) is 117 cm³/mol. The van der Waals surface area contributed by atoms with Crippen LogP contribution in [-0.2, 0) is 32.6 Å². The molecule has 1 fully saturated rings. The van der Waals surface area contributed by atoms with Crippen molar-refractivity contribution in [3.8, 4) is 11.5 Å². The number of ketones is 1. The van der Waals surface area contributed by atoms with Gasteiger partial charge < -0.3 is 14.2 Å². The van der Waals surface area contributed by atoms with Crippen LogP contribution in [-0.4, -0.2) is 55.1 Å². The standard InChI is InChI=1S/C26H25NO5/c1-27-13-12-25-22-17-8-9-19(30-2)23(22)31-24(25)18(28)10-11-26(25,20(27)15-17)32-21(29)14-16-6-4-3-5-7-16/h3-11,20,24H,12-15H2,1-2H3/t20-,24+,25+,26-/m1/s1. The van der Waals surface area contributed by atoms with E-state index in [-0.39, 0.29) is 24.2 Å². The minimum atomic E-state index is -0.977. The van der Waals surface area contributed by atoms with Gasteiger partial charge in [-0.2, -0.15) is 0 Å². The van der Waals surface area contributed by atoms with Gasteiger partial charge in [0.25, 0.3) is 0 Å². The molecule has 6 rings (SSSR count). The molecule has 2 aliphatic carbocycles. The maximum absolute atomic E-state index is 13.3. The molecule has 4 atom stereocenters. The van der Waals surface area contributed by atoms with Gasteiger partial charge in [0.1, 0.15) is 0 Å². The van der Waals surface area contributed by atoms with Crippen molar-refractivity contribution in [1.29, 1.82) is 0 Å². The Morgan fingerprint density at radius 3 is 2.81 bits per heavy atom. The summed E-state index contributed by atoms with van der Waals surface area (Å²) in [7, 11) is 3.67. The third kappa shape index (κ3) is 2.33. The van der Waals surface area contributed by atoms with Crippen LogP contribution in [0, 0.1) is 0 Å². The predicted octanol–water partition coefficient (Wildman–Crippen LogP) is 2.62. The summed E-state index contributed by atoms with van der Waals surface area (Å²) >= 11 is 0. The highest BCUT2D eigenvalue weighted by molar-refractivity contribution is 5.99. The average molecular weight is 431 g/mol. The third-order valence-corrected chi connectivity index (χ3v) is 7.78. The van der Waals surface area contributed by atoms with Crippen LogP contribution in [0.5, 0.6) is 11.5 Å². The second kappa shape index (κ2) is 6.69. The molecule has 0 amide bonds. The van der Waals surface area contributed by atoms with Crippen LogP contribution in [0.25, 0.3) is 0 Å². The molecule has 6 heteroatoms. The Kier molecular flexibility index (Phi) is 4.09. The van der Waals surface area contributed by atoms with E-state index in [2.05, 4.69) is 18.0 Å². The number of rotatable bonds is 4. The molecule has 2 bridgehead atoms. The highest BCUT2D eigenvalue weighted by atomic mass is 16.6. The zero-order chi connectivity index (χ0) is 22.1. The van der Waals surface area contributed by atoms with Gasteiger partial charge in [-0.25, -0.2) is 0 Å². The van der Waals surface area contributed by atoms with Crippen LogP contribution in [0.2, 0.25) is 0 Å². The first-order chi connectivity index (χ1) is 15.5. The quantitative estimate of drug-likeness (QED) is 0.694. The van der Waals surface area contributed by atoms with E-state index in [1.54, 1.807) is 13.2 Å². The van der Waals surface area contributed by atoms with Gasteiger partial charge in [0.15, 0.2) is 29.0 Å². The SMILES string of the molecule is COc1ccc2c3c1O[C@H]1C(=O)C=C[C@@]4(OC(=O)Cc5ccccc5)[C@@H](C2)N(C)CC[C@]314. The van der Waals surface area contributed by atoms with Gasteiger partial charge in [-0.3, -0.25) is 14.5 Å². The van der Waals surface area contributed by atoms with E-state index in [0.29, 0.717) is 24.3 Å². The van der Waals surface area contributed by atoms with Gasteiger partial charge in [0, 0.05) is 5.56 Å². The second-order valence-corrected chi connectivity index (χ2v) is 9.22. The van der Waals surface area contributed by atoms with Crippen molar-refractivity contribution < 1.29 is 23.8 Å². The molecule has 2 heterocycles. The lowest BCUT2D eigenvalue weighted by Crippen LogP contribution is -2.76. The summed E-state index contributed by atoms with van der Waals surface area (Å²) in [5.74, 6) is 0.850. The summed E-state index contributed by atoms with van der Waals surface area (Å²) in [6.07, 6.45) is 4.22. The molecule has 2 aliphatic heterocycles. The van der Waals surface area contributed by atoms with Crippen molar-refractivity contribution >= 4 is 11.8 Å². The molecule has 1 spiro atoms. The highest BCUT2D eigenvalue weighted by Crippen LogP contribution is 2.64. The zero-order valence-corrected chi connectivity index (χ0v) is 18.2. The van der Waals surface area contributed by atoms with Crippen LogP contribution in [0.1, 0.15) is 23.1 Å². The average Bonchev–Trinajstić information content (AvgIpc) is 3.15. The highest BCUT2D eigenvalue weighted by Gasteiger charge is 2.74. The van der Waals surface area contributed by atoms with Crippen LogP contribution >= 0.6 is 0 Å². The molecule has 6 nitrogen and oxygen atoms in total. The topological polar surface area (TPSA) is 65.1 Å². The fourth-order valence-electron chi connectivity index (χ4n) is 6.43. The summed E-state index contributed by atoms with van der Waals surface area (Å²) in [6.45, 7) is 0.791. The Hall–Kier alpha value is -3.12. The number of carbonyl (C=O) groups excluding carboxylic acids is 2. The van der Waals surface area contributed by atoms with E-state index in [1.807, 2.05) is 42.5 Å². The first-order valence-corrected chi connectivity index (χ1v) is 11.1. The minimum Gasteiger partial charge on any atom is -0.493 e. The number of ether oxygens (including phenoxy) is 3. The van der Waals surface area contributed by atoms with E-state index in [0.717, 1.165) is 23.2 Å². The van der Waals surface area contributed by atoms with E-state index in [9.17, 15) is 9.59 Å². The largest absolute Gasteiger partial charge is 0.493 e. The minimum absolute atomic E-state index is 0.0849. The van der Waals surface area contributed by atoms with Crippen molar-refractivity contribution in [2.45, 2.75) is 42.4 Å². The fourth-order valence-corrected chi connectivity index (χ4v) is 6.43. The number of carbonyl (C=O) groups is 2. The van der Waals surface area contributed by atoms with Crippen molar-refractivity contribution in [1.82, 2.24) is 4.90 Å². The second-order valence-electron chi connectivity index (χ2n) is 9.22. The first kappa shape index (κ1) is 19.6. The van der Waals surface area contributed by atoms with Gasteiger partial charge in [0.2, 0.25) is 0 Å². The Balaban J connectivity index is 1.53. The monoisotopic (exact) mass is 431 g/mol. The van der Waals surface area contributed by atoms with E-state index in [1.165, 1.54) is 0 Å². The number of esters is 1. The normalized spacial score (nSPS) is 31.6. The molecule has 164 valence electrons. The summed E-state index contributed by atoms with van der Waals surface area (Å²) in [6, 6.07) is 13.5. The summed E-state index contributed by atoms with van der Waals surface area (Å²) in [4.78, 5) is 28.6. The molecule has 2 aromatic carbocycles. The number of nitrogens with zero attached hydrogens (tertiary/aromatic N) is 1. The van der Waals surface area contributed by atoms with Crippen molar-refractivity contribution in [3.63, 3.8) is 0 Å². The molecule has 4 aliphatic rings. The molecular formula is C26H25NO5. The Labute approximate surface area is 186 Å². The van der Waals surface area contributed by atoms with E-state index >= 15 is 0 Å². The molecule has 0 unspecified atom stereocenters. The molecule has 0 saturated carbocycles. The molecule has 0 radical (unpaired) electrons. The maximum atomic E-state index is 13.3. The molecule has 32 heavy (non-hydrogen) atoms. The van der Waals surface area contributed by atoms with E-state index in [4.69, 9.17) is 14.2 Å². The summed E-state index contributed by atoms with van der Waals surface area (Å²) in [5, 5.41) is 0. The Bertz CT molecular complexity index is 1160. The first-order valence-electron chi connectivity index (χ1n) is 11.1. The lowest BCUT2D eigenvalue weighted by atomic mass is 9.50. The van der Waals surface area contributed by atoms with Crippen molar-refractivity contribution in [3.05, 3.63) is 71.3 Å². The van der Waals surface area contributed by atoms with Gasteiger partial charge in [0.05, 0.1) is 25.0 Å². The number of methoxy groups -OCH3 is 1. The number of benzene rings is 2. The summed E-state index contributed by atoms with van der Waals surface area (Å²) in [5.41, 5.74) is 1.29. The lowest BCUT2D eigenvalue weighted by molar-refractivity contribution is -0.189. The van der Waals surface area contributed by atoms with Gasteiger partial charge in [-0.15, -0.1) is 0 Å². The zero-order valence-electron chi connectivity index (χ0n) is 18.2.